The summed E-state index contributed by atoms with van der Waals surface area (Å²) in [6, 6.07) is 0. The van der Waals surface area contributed by atoms with Gasteiger partial charge in [0.2, 0.25) is 0 Å². The van der Waals surface area contributed by atoms with E-state index in [0.717, 1.165) is 75.5 Å². The van der Waals surface area contributed by atoms with Crippen LogP contribution >= 0.6 is 0 Å². The van der Waals surface area contributed by atoms with Gasteiger partial charge in [0.25, 0.3) is 0 Å². The van der Waals surface area contributed by atoms with Gasteiger partial charge in [-0.15, -0.1) is 0 Å². The average molecular weight is 849 g/mol. The van der Waals surface area contributed by atoms with Crippen molar-refractivity contribution in [3.05, 3.63) is 0 Å². The quantitative estimate of drug-likeness (QED) is 0.0345. The molecule has 0 aromatic heterocycles. The fourth-order valence-corrected chi connectivity index (χ4v) is 8.12. The Morgan fingerprint density at radius 3 is 0.717 bits per heavy atom. The van der Waals surface area contributed by atoms with Crippen molar-refractivity contribution in [1.82, 2.24) is 0 Å². The summed E-state index contributed by atoms with van der Waals surface area (Å²) in [7, 11) is 0. The fraction of sp³-hybridized carbons (Fsp3) is 0.944. The number of hydrogen-bond donors (Lipinski definition) is 0. The lowest BCUT2D eigenvalue weighted by molar-refractivity contribution is -0.167. The normalized spacial score (nSPS) is 12.2. The molecular weight excluding hydrogens is 745 g/mol. The smallest absolute Gasteiger partial charge is 0.306 e. The first-order valence-corrected chi connectivity index (χ1v) is 26.6. The molecule has 0 fully saturated rings. The van der Waals surface area contributed by atoms with E-state index >= 15 is 0 Å². The molecule has 0 saturated carbocycles. The Labute approximate surface area is 374 Å². The highest BCUT2D eigenvalue weighted by atomic mass is 16.6. The monoisotopic (exact) mass is 849 g/mol. The molecule has 0 aromatic carbocycles. The van der Waals surface area contributed by atoms with E-state index in [-0.39, 0.29) is 31.1 Å². The summed E-state index contributed by atoms with van der Waals surface area (Å²) in [6.07, 6.45) is 45.3. The summed E-state index contributed by atoms with van der Waals surface area (Å²) >= 11 is 0. The van der Waals surface area contributed by atoms with Gasteiger partial charge in [-0.2, -0.15) is 0 Å². The lowest BCUT2D eigenvalue weighted by atomic mass is 10.0. The molecule has 0 amide bonds. The summed E-state index contributed by atoms with van der Waals surface area (Å²) in [5.74, 6) is 1.60. The number of hydrogen-bond acceptors (Lipinski definition) is 6. The van der Waals surface area contributed by atoms with Crippen molar-refractivity contribution in [2.24, 2.45) is 17.8 Å². The fourth-order valence-electron chi connectivity index (χ4n) is 8.12. The van der Waals surface area contributed by atoms with Crippen LogP contribution in [-0.2, 0) is 28.6 Å². The van der Waals surface area contributed by atoms with E-state index in [1.807, 2.05) is 0 Å². The molecule has 0 aliphatic heterocycles. The summed E-state index contributed by atoms with van der Waals surface area (Å²) in [5, 5.41) is 0. The van der Waals surface area contributed by atoms with E-state index in [1.165, 1.54) is 173 Å². The lowest BCUT2D eigenvalue weighted by Gasteiger charge is -2.18. The zero-order valence-corrected chi connectivity index (χ0v) is 41.3. The van der Waals surface area contributed by atoms with Crippen molar-refractivity contribution >= 4 is 17.9 Å². The molecule has 0 aromatic rings. The van der Waals surface area contributed by atoms with E-state index in [4.69, 9.17) is 14.2 Å². The van der Waals surface area contributed by atoms with Gasteiger partial charge in [-0.05, 0) is 37.0 Å². The maximum Gasteiger partial charge on any atom is 0.306 e. The standard InChI is InChI=1S/C54H104O6/c1-48(2)40-34-28-22-17-13-11-9-7-8-10-12-14-20-26-33-39-45-54(57)60-51(47-59-53(56)44-38-32-27-21-24-30-36-42-50(5)6)46-58-52(55)43-37-31-25-19-16-15-18-23-29-35-41-49(3)4/h48-51H,7-47H2,1-6H3/t51-/m1/s1. The number of rotatable bonds is 47. The molecule has 6 nitrogen and oxygen atoms in total. The second-order valence-corrected chi connectivity index (χ2v) is 19.9. The molecule has 0 unspecified atom stereocenters. The predicted molar refractivity (Wildman–Crippen MR) is 256 cm³/mol. The zero-order chi connectivity index (χ0) is 44.2. The third-order valence-electron chi connectivity index (χ3n) is 12.1. The zero-order valence-electron chi connectivity index (χ0n) is 41.3. The third kappa shape index (κ3) is 47.5. The van der Waals surface area contributed by atoms with Gasteiger partial charge in [0, 0.05) is 19.3 Å². The van der Waals surface area contributed by atoms with Crippen molar-refractivity contribution in [2.75, 3.05) is 13.2 Å². The molecule has 1 atom stereocenters. The first kappa shape index (κ1) is 58.4. The first-order valence-electron chi connectivity index (χ1n) is 26.6. The van der Waals surface area contributed by atoms with Crippen molar-refractivity contribution in [3.8, 4) is 0 Å². The van der Waals surface area contributed by atoms with Crippen LogP contribution in [0.25, 0.3) is 0 Å². The topological polar surface area (TPSA) is 78.9 Å². The number of esters is 3. The lowest BCUT2D eigenvalue weighted by Crippen LogP contribution is -2.30. The number of unbranched alkanes of at least 4 members (excludes halogenated alkanes) is 30. The van der Waals surface area contributed by atoms with E-state index in [9.17, 15) is 14.4 Å². The molecule has 0 radical (unpaired) electrons. The Balaban J connectivity index is 4.26. The Morgan fingerprint density at radius 1 is 0.283 bits per heavy atom. The van der Waals surface area contributed by atoms with Crippen LogP contribution in [0, 0.1) is 17.8 Å². The summed E-state index contributed by atoms with van der Waals surface area (Å²) in [4.78, 5) is 37.9. The third-order valence-corrected chi connectivity index (χ3v) is 12.1. The van der Waals surface area contributed by atoms with Crippen molar-refractivity contribution in [1.29, 1.82) is 0 Å². The second kappa shape index (κ2) is 45.4. The number of ether oxygens (including phenoxy) is 3. The van der Waals surface area contributed by atoms with Gasteiger partial charge in [0.05, 0.1) is 0 Å². The van der Waals surface area contributed by atoms with Gasteiger partial charge in [0.1, 0.15) is 13.2 Å². The average Bonchev–Trinajstić information content (AvgIpc) is 3.20. The van der Waals surface area contributed by atoms with Crippen LogP contribution in [0.5, 0.6) is 0 Å². The summed E-state index contributed by atoms with van der Waals surface area (Å²) < 4.78 is 16.8. The van der Waals surface area contributed by atoms with Gasteiger partial charge in [-0.3, -0.25) is 14.4 Å². The van der Waals surface area contributed by atoms with Gasteiger partial charge in [0.15, 0.2) is 6.10 Å². The summed E-state index contributed by atoms with van der Waals surface area (Å²) in [5.41, 5.74) is 0. The van der Waals surface area contributed by atoms with Crippen LogP contribution in [0.15, 0.2) is 0 Å². The van der Waals surface area contributed by atoms with Gasteiger partial charge in [-0.25, -0.2) is 0 Å². The van der Waals surface area contributed by atoms with E-state index < -0.39 is 6.10 Å². The molecule has 0 bridgehead atoms. The predicted octanol–water partition coefficient (Wildman–Crippen LogP) is 17.2. The van der Waals surface area contributed by atoms with E-state index in [0.29, 0.717) is 19.3 Å². The Kier molecular flexibility index (Phi) is 44.2. The molecule has 0 N–H and O–H groups in total. The highest BCUT2D eigenvalue weighted by Gasteiger charge is 2.19. The van der Waals surface area contributed by atoms with Crippen LogP contribution in [0.4, 0.5) is 0 Å². The van der Waals surface area contributed by atoms with Crippen molar-refractivity contribution in [2.45, 2.75) is 298 Å². The summed E-state index contributed by atoms with van der Waals surface area (Å²) in [6.45, 7) is 13.7. The van der Waals surface area contributed by atoms with Crippen LogP contribution < -0.4 is 0 Å². The van der Waals surface area contributed by atoms with E-state index in [2.05, 4.69) is 41.5 Å². The Bertz CT molecular complexity index is 929. The van der Waals surface area contributed by atoms with Gasteiger partial charge in [-0.1, -0.05) is 253 Å². The molecule has 0 heterocycles. The largest absolute Gasteiger partial charge is 0.462 e. The number of carbonyl (C=O) groups is 3. The first-order chi connectivity index (χ1) is 29.1. The van der Waals surface area contributed by atoms with Crippen molar-refractivity contribution in [3.63, 3.8) is 0 Å². The van der Waals surface area contributed by atoms with Crippen LogP contribution in [0.3, 0.4) is 0 Å². The maximum absolute atomic E-state index is 12.8. The molecule has 356 valence electrons. The van der Waals surface area contributed by atoms with E-state index in [1.54, 1.807) is 0 Å². The van der Waals surface area contributed by atoms with Gasteiger partial charge >= 0.3 is 17.9 Å². The molecule has 0 saturated heterocycles. The highest BCUT2D eigenvalue weighted by Crippen LogP contribution is 2.18. The van der Waals surface area contributed by atoms with Crippen LogP contribution in [0.1, 0.15) is 292 Å². The van der Waals surface area contributed by atoms with Crippen LogP contribution in [-0.4, -0.2) is 37.2 Å². The van der Waals surface area contributed by atoms with Gasteiger partial charge < -0.3 is 14.2 Å². The molecule has 0 spiro atoms. The van der Waals surface area contributed by atoms with Crippen LogP contribution in [0.2, 0.25) is 0 Å². The molecular formula is C54H104O6. The molecule has 0 aliphatic carbocycles. The maximum atomic E-state index is 12.8. The molecule has 0 aliphatic rings. The minimum absolute atomic E-state index is 0.0651. The van der Waals surface area contributed by atoms with Crippen molar-refractivity contribution < 1.29 is 28.6 Å². The Morgan fingerprint density at radius 2 is 0.483 bits per heavy atom. The SMILES string of the molecule is CC(C)CCCCCCCCCCCCCCCCCCC(=O)O[C@H](COC(=O)CCCCCCCCCCCCC(C)C)COC(=O)CCCCCCCCCC(C)C. The minimum atomic E-state index is -0.763. The molecule has 60 heavy (non-hydrogen) atoms. The molecule has 0 rings (SSSR count). The highest BCUT2D eigenvalue weighted by molar-refractivity contribution is 5.71. The Hall–Kier alpha value is -1.59. The number of carbonyl (C=O) groups excluding carboxylic acids is 3. The second-order valence-electron chi connectivity index (χ2n) is 19.9. The minimum Gasteiger partial charge on any atom is -0.462 e. The molecule has 6 heteroatoms.